The van der Waals surface area contributed by atoms with Gasteiger partial charge in [0.2, 0.25) is 11.8 Å². The number of nitrogens with zero attached hydrogens (tertiary/aromatic N) is 1. The van der Waals surface area contributed by atoms with E-state index in [2.05, 4.69) is 15.6 Å². The van der Waals surface area contributed by atoms with Gasteiger partial charge in [0.25, 0.3) is 0 Å². The highest BCUT2D eigenvalue weighted by molar-refractivity contribution is 7.99. The van der Waals surface area contributed by atoms with Crippen LogP contribution in [0, 0.1) is 6.92 Å². The molecule has 1 saturated heterocycles. The van der Waals surface area contributed by atoms with Crippen molar-refractivity contribution in [3.05, 3.63) is 16.1 Å². The smallest absolute Gasteiger partial charge is 0.230 e. The molecule has 2 rings (SSSR count). The van der Waals surface area contributed by atoms with Crippen LogP contribution in [0.3, 0.4) is 0 Å². The zero-order valence-corrected chi connectivity index (χ0v) is 12.4. The molecular weight excluding hydrogens is 282 g/mol. The number of hydrogen-bond acceptors (Lipinski definition) is 5. The minimum atomic E-state index is 0.0260. The molecule has 2 amide bonds. The molecule has 19 heavy (non-hydrogen) atoms. The number of carbonyl (C=O) groups is 2. The number of aromatic nitrogens is 1. The van der Waals surface area contributed by atoms with Crippen LogP contribution < -0.4 is 10.6 Å². The highest BCUT2D eigenvalue weighted by Crippen LogP contribution is 2.15. The van der Waals surface area contributed by atoms with Crippen LogP contribution in [0.25, 0.3) is 0 Å². The molecule has 7 heteroatoms. The standard InChI is InChI=1S/C12H17N3O2S2/c1-8-14-10(6-19-8)5-18-7-12(17)15-9-2-3-11(16)13-4-9/h6,9H,2-5,7H2,1H3,(H,13,16)(H,15,17). The molecule has 0 spiro atoms. The summed E-state index contributed by atoms with van der Waals surface area (Å²) in [6.45, 7) is 2.52. The molecule has 1 unspecified atom stereocenters. The maximum Gasteiger partial charge on any atom is 0.230 e. The first-order chi connectivity index (χ1) is 9.13. The van der Waals surface area contributed by atoms with E-state index in [0.717, 1.165) is 22.9 Å². The molecule has 104 valence electrons. The molecule has 0 radical (unpaired) electrons. The zero-order valence-electron chi connectivity index (χ0n) is 10.8. The van der Waals surface area contributed by atoms with Crippen molar-refractivity contribution in [2.75, 3.05) is 12.3 Å². The lowest BCUT2D eigenvalue weighted by Gasteiger charge is -2.23. The molecule has 1 aliphatic heterocycles. The summed E-state index contributed by atoms with van der Waals surface area (Å²) in [6.07, 6.45) is 1.23. The maximum atomic E-state index is 11.7. The van der Waals surface area contributed by atoms with Crippen LogP contribution in [-0.2, 0) is 15.3 Å². The molecule has 1 aromatic rings. The van der Waals surface area contributed by atoms with E-state index >= 15 is 0 Å². The summed E-state index contributed by atoms with van der Waals surface area (Å²) >= 11 is 3.19. The third-order valence-electron chi connectivity index (χ3n) is 2.78. The Hall–Kier alpha value is -1.08. The minimum Gasteiger partial charge on any atom is -0.354 e. The summed E-state index contributed by atoms with van der Waals surface area (Å²) in [6, 6.07) is 0.0762. The summed E-state index contributed by atoms with van der Waals surface area (Å²) in [5.74, 6) is 1.29. The van der Waals surface area contributed by atoms with Crippen LogP contribution in [0.1, 0.15) is 23.5 Å². The van der Waals surface area contributed by atoms with Gasteiger partial charge in [0.1, 0.15) is 0 Å². The van der Waals surface area contributed by atoms with E-state index in [1.165, 1.54) is 0 Å². The molecule has 1 fully saturated rings. The van der Waals surface area contributed by atoms with Crippen molar-refractivity contribution in [2.45, 2.75) is 31.6 Å². The normalized spacial score (nSPS) is 19.0. The average molecular weight is 299 g/mol. The number of piperidine rings is 1. The Morgan fingerprint density at radius 1 is 1.68 bits per heavy atom. The minimum absolute atomic E-state index is 0.0260. The average Bonchev–Trinajstić information content (AvgIpc) is 2.78. The number of thioether (sulfide) groups is 1. The van der Waals surface area contributed by atoms with Gasteiger partial charge in [-0.2, -0.15) is 0 Å². The second-order valence-corrected chi connectivity index (χ2v) is 6.51. The number of aryl methyl sites for hydroxylation is 1. The fraction of sp³-hybridized carbons (Fsp3) is 0.583. The third kappa shape index (κ3) is 4.83. The van der Waals surface area contributed by atoms with Crippen molar-refractivity contribution in [1.82, 2.24) is 15.6 Å². The van der Waals surface area contributed by atoms with Crippen LogP contribution in [0.15, 0.2) is 5.38 Å². The Kier molecular flexibility index (Phi) is 5.21. The van der Waals surface area contributed by atoms with Crippen LogP contribution in [-0.4, -0.2) is 35.1 Å². The third-order valence-corrected chi connectivity index (χ3v) is 4.57. The molecule has 1 aromatic heterocycles. The first-order valence-electron chi connectivity index (χ1n) is 6.18. The van der Waals surface area contributed by atoms with Gasteiger partial charge in [0, 0.05) is 30.1 Å². The monoisotopic (exact) mass is 299 g/mol. The summed E-state index contributed by atoms with van der Waals surface area (Å²) in [5, 5.41) is 8.77. The summed E-state index contributed by atoms with van der Waals surface area (Å²) in [7, 11) is 0. The molecule has 5 nitrogen and oxygen atoms in total. The van der Waals surface area contributed by atoms with Gasteiger partial charge in [-0.1, -0.05) is 0 Å². The molecule has 1 aliphatic rings. The van der Waals surface area contributed by atoms with Crippen LogP contribution in [0.2, 0.25) is 0 Å². The van der Waals surface area contributed by atoms with Crippen LogP contribution in [0.5, 0.6) is 0 Å². The predicted octanol–water partition coefficient (Wildman–Crippen LogP) is 1.08. The van der Waals surface area contributed by atoms with Gasteiger partial charge in [-0.3, -0.25) is 9.59 Å². The molecule has 0 aliphatic carbocycles. The molecule has 0 aromatic carbocycles. The second-order valence-electron chi connectivity index (χ2n) is 4.46. The molecule has 0 saturated carbocycles. The number of amides is 2. The Balaban J connectivity index is 1.63. The van der Waals surface area contributed by atoms with Gasteiger partial charge < -0.3 is 10.6 Å². The molecule has 2 N–H and O–H groups in total. The van der Waals surface area contributed by atoms with E-state index in [1.54, 1.807) is 23.1 Å². The van der Waals surface area contributed by atoms with E-state index in [4.69, 9.17) is 0 Å². The fourth-order valence-corrected chi connectivity index (χ4v) is 3.29. The predicted molar refractivity (Wildman–Crippen MR) is 77.2 cm³/mol. The van der Waals surface area contributed by atoms with Gasteiger partial charge in [-0.25, -0.2) is 4.98 Å². The molecule has 0 bridgehead atoms. The van der Waals surface area contributed by atoms with Crippen molar-refractivity contribution >= 4 is 34.9 Å². The topological polar surface area (TPSA) is 71.1 Å². The molecule has 1 atom stereocenters. The lowest BCUT2D eigenvalue weighted by atomic mass is 10.1. The summed E-state index contributed by atoms with van der Waals surface area (Å²) in [4.78, 5) is 27.1. The molecule has 2 heterocycles. The van der Waals surface area contributed by atoms with E-state index in [-0.39, 0.29) is 17.9 Å². The first-order valence-corrected chi connectivity index (χ1v) is 8.22. The summed E-state index contributed by atoms with van der Waals surface area (Å²) in [5.41, 5.74) is 1.03. The number of thiazole rings is 1. The first kappa shape index (κ1) is 14.3. The molecular formula is C12H17N3O2S2. The number of carbonyl (C=O) groups excluding carboxylic acids is 2. The lowest BCUT2D eigenvalue weighted by molar-refractivity contribution is -0.124. The van der Waals surface area contributed by atoms with Gasteiger partial charge in [0.05, 0.1) is 16.5 Å². The Morgan fingerprint density at radius 2 is 2.53 bits per heavy atom. The van der Waals surface area contributed by atoms with Crippen molar-refractivity contribution in [2.24, 2.45) is 0 Å². The largest absolute Gasteiger partial charge is 0.354 e. The maximum absolute atomic E-state index is 11.7. The number of nitrogens with one attached hydrogen (secondary N) is 2. The van der Waals surface area contributed by atoms with Crippen molar-refractivity contribution < 1.29 is 9.59 Å². The fourth-order valence-electron chi connectivity index (χ4n) is 1.85. The second kappa shape index (κ2) is 6.91. The van der Waals surface area contributed by atoms with Gasteiger partial charge in [-0.15, -0.1) is 23.1 Å². The Labute approximate surface area is 120 Å². The highest BCUT2D eigenvalue weighted by atomic mass is 32.2. The van der Waals surface area contributed by atoms with Gasteiger partial charge in [-0.05, 0) is 13.3 Å². The Bertz CT molecular complexity index is 452. The lowest BCUT2D eigenvalue weighted by Crippen LogP contribution is -2.48. The van der Waals surface area contributed by atoms with Crippen LogP contribution >= 0.6 is 23.1 Å². The number of rotatable bonds is 5. The SMILES string of the molecule is Cc1nc(CSCC(=O)NC2CCC(=O)NC2)cs1. The van der Waals surface area contributed by atoms with E-state index in [1.807, 2.05) is 12.3 Å². The van der Waals surface area contributed by atoms with Crippen LogP contribution in [0.4, 0.5) is 0 Å². The van der Waals surface area contributed by atoms with E-state index in [9.17, 15) is 9.59 Å². The van der Waals surface area contributed by atoms with E-state index < -0.39 is 0 Å². The van der Waals surface area contributed by atoms with Gasteiger partial charge in [0.15, 0.2) is 0 Å². The number of hydrogen-bond donors (Lipinski definition) is 2. The quantitative estimate of drug-likeness (QED) is 0.853. The summed E-state index contributed by atoms with van der Waals surface area (Å²) < 4.78 is 0. The highest BCUT2D eigenvalue weighted by Gasteiger charge is 2.19. The van der Waals surface area contributed by atoms with Crippen molar-refractivity contribution in [3.8, 4) is 0 Å². The van der Waals surface area contributed by atoms with Crippen molar-refractivity contribution in [1.29, 1.82) is 0 Å². The Morgan fingerprint density at radius 3 is 3.16 bits per heavy atom. The zero-order chi connectivity index (χ0) is 13.7. The van der Waals surface area contributed by atoms with Gasteiger partial charge >= 0.3 is 0 Å². The van der Waals surface area contributed by atoms with Crippen molar-refractivity contribution in [3.63, 3.8) is 0 Å². The van der Waals surface area contributed by atoms with E-state index in [0.29, 0.717) is 18.7 Å².